The molecule has 0 fully saturated rings. The van der Waals surface area contributed by atoms with Crippen LogP contribution in [0.1, 0.15) is 34.7 Å². The molecule has 4 aromatic rings. The number of allylic oxidation sites excluding steroid dienone is 1. The van der Waals surface area contributed by atoms with Gasteiger partial charge in [-0.1, -0.05) is 47.7 Å². The molecular weight excluding hydrogens is 710 g/mol. The van der Waals surface area contributed by atoms with Gasteiger partial charge in [-0.05, 0) is 111 Å². The third kappa shape index (κ3) is 4.36. The zero-order valence-corrected chi connectivity index (χ0v) is 25.3. The van der Waals surface area contributed by atoms with Gasteiger partial charge in [-0.15, -0.1) is 0 Å². The standard InChI is InChI=1S/C29H22I2N2O3S/c1-35-19-8-5-7-18(15-19)26-21-11-10-17-6-3-4-9-20(17)25(21)32-29-33(26)28(34)24(37-29)14-16-12-22(30)27(36-2)23(31)13-16/h3-9,12-15,26H,10-11H2,1-2H3/b24-14+/t26-/m1/s1. The number of hydrogen-bond acceptors (Lipinski definition) is 5. The molecule has 1 aliphatic carbocycles. The zero-order chi connectivity index (χ0) is 25.7. The Morgan fingerprint density at radius 2 is 1.78 bits per heavy atom. The summed E-state index contributed by atoms with van der Waals surface area (Å²) in [6, 6.07) is 20.4. The number of aryl methyl sites for hydroxylation is 1. The average Bonchev–Trinajstić information content (AvgIpc) is 3.21. The van der Waals surface area contributed by atoms with Gasteiger partial charge in [0.15, 0.2) is 4.80 Å². The van der Waals surface area contributed by atoms with Gasteiger partial charge in [0, 0.05) is 5.56 Å². The predicted octanol–water partition coefficient (Wildman–Crippen LogP) is 5.55. The molecule has 0 saturated carbocycles. The highest BCUT2D eigenvalue weighted by Gasteiger charge is 2.32. The van der Waals surface area contributed by atoms with Gasteiger partial charge >= 0.3 is 0 Å². The monoisotopic (exact) mass is 732 g/mol. The van der Waals surface area contributed by atoms with E-state index >= 15 is 0 Å². The molecule has 0 radical (unpaired) electrons. The molecule has 2 heterocycles. The van der Waals surface area contributed by atoms with E-state index in [1.54, 1.807) is 14.2 Å². The number of hydrogen-bond donors (Lipinski definition) is 0. The molecule has 0 spiro atoms. The Hall–Kier alpha value is -2.44. The molecule has 6 rings (SSSR count). The number of nitrogens with zero attached hydrogens (tertiary/aromatic N) is 2. The van der Waals surface area contributed by atoms with Crippen molar-refractivity contribution in [3.63, 3.8) is 0 Å². The topological polar surface area (TPSA) is 52.8 Å². The Balaban J connectivity index is 1.60. The Labute approximate surface area is 245 Å². The Bertz CT molecular complexity index is 1750. The van der Waals surface area contributed by atoms with E-state index in [1.165, 1.54) is 22.5 Å². The van der Waals surface area contributed by atoms with Crippen molar-refractivity contribution in [2.75, 3.05) is 14.2 Å². The summed E-state index contributed by atoms with van der Waals surface area (Å²) in [4.78, 5) is 19.8. The van der Waals surface area contributed by atoms with Crippen molar-refractivity contribution in [3.8, 4) is 11.5 Å². The summed E-state index contributed by atoms with van der Waals surface area (Å²) in [5.41, 5.74) is 6.61. The molecule has 2 aliphatic rings. The first-order valence-electron chi connectivity index (χ1n) is 11.8. The van der Waals surface area contributed by atoms with Gasteiger partial charge in [0.2, 0.25) is 0 Å². The van der Waals surface area contributed by atoms with Crippen molar-refractivity contribution in [1.29, 1.82) is 0 Å². The van der Waals surface area contributed by atoms with E-state index in [0.717, 1.165) is 58.7 Å². The second-order valence-corrected chi connectivity index (χ2v) is 12.2. The molecule has 37 heavy (non-hydrogen) atoms. The van der Waals surface area contributed by atoms with Crippen LogP contribution in [0.4, 0.5) is 0 Å². The second kappa shape index (κ2) is 10.0. The number of ether oxygens (including phenoxy) is 2. The molecule has 0 bridgehead atoms. The fraction of sp³-hybridized carbons (Fsp3) is 0.172. The Morgan fingerprint density at radius 1 is 1.00 bits per heavy atom. The van der Waals surface area contributed by atoms with Gasteiger partial charge in [0.1, 0.15) is 11.5 Å². The average molecular weight is 732 g/mol. The van der Waals surface area contributed by atoms with Crippen LogP contribution in [0.5, 0.6) is 11.5 Å². The second-order valence-electron chi connectivity index (χ2n) is 8.91. The molecule has 3 aromatic carbocycles. The van der Waals surface area contributed by atoms with Crippen LogP contribution in [-0.4, -0.2) is 18.8 Å². The molecule has 1 atom stereocenters. The van der Waals surface area contributed by atoms with Crippen molar-refractivity contribution >= 4 is 68.3 Å². The summed E-state index contributed by atoms with van der Waals surface area (Å²) in [5.74, 6) is 1.63. The molecule has 1 aliphatic heterocycles. The van der Waals surface area contributed by atoms with Crippen LogP contribution < -0.4 is 24.4 Å². The van der Waals surface area contributed by atoms with Crippen molar-refractivity contribution in [2.45, 2.75) is 18.9 Å². The summed E-state index contributed by atoms with van der Waals surface area (Å²) in [6.07, 6.45) is 3.75. The first-order chi connectivity index (χ1) is 18.0. The molecular formula is C29H22I2N2O3S. The first-order valence-corrected chi connectivity index (χ1v) is 14.8. The predicted molar refractivity (Wildman–Crippen MR) is 164 cm³/mol. The molecule has 5 nitrogen and oxygen atoms in total. The maximum absolute atomic E-state index is 14.0. The van der Waals surface area contributed by atoms with E-state index < -0.39 is 0 Å². The lowest BCUT2D eigenvalue weighted by Gasteiger charge is -2.31. The molecule has 0 saturated heterocycles. The first kappa shape index (κ1) is 24.9. The quantitative estimate of drug-likeness (QED) is 0.259. The smallest absolute Gasteiger partial charge is 0.271 e. The minimum absolute atomic E-state index is 0.0252. The fourth-order valence-corrected chi connectivity index (χ4v) is 8.40. The van der Waals surface area contributed by atoms with Gasteiger partial charge < -0.3 is 9.47 Å². The molecule has 0 amide bonds. The van der Waals surface area contributed by atoms with Crippen LogP contribution in [-0.2, 0) is 6.42 Å². The maximum atomic E-state index is 14.0. The number of methoxy groups -OCH3 is 2. The van der Waals surface area contributed by atoms with E-state index in [9.17, 15) is 4.79 Å². The molecule has 1 aromatic heterocycles. The van der Waals surface area contributed by atoms with Crippen LogP contribution in [0.3, 0.4) is 0 Å². The highest BCUT2D eigenvalue weighted by Crippen LogP contribution is 2.41. The lowest BCUT2D eigenvalue weighted by Crippen LogP contribution is -2.38. The maximum Gasteiger partial charge on any atom is 0.271 e. The van der Waals surface area contributed by atoms with Crippen molar-refractivity contribution < 1.29 is 9.47 Å². The Kier molecular flexibility index (Phi) is 6.74. The van der Waals surface area contributed by atoms with E-state index in [-0.39, 0.29) is 11.6 Å². The lowest BCUT2D eigenvalue weighted by atomic mass is 9.83. The third-order valence-electron chi connectivity index (χ3n) is 6.80. The summed E-state index contributed by atoms with van der Waals surface area (Å²) >= 11 is 5.99. The van der Waals surface area contributed by atoms with Crippen LogP contribution in [0.15, 0.2) is 76.0 Å². The number of aromatic nitrogens is 1. The largest absolute Gasteiger partial charge is 0.497 e. The number of rotatable bonds is 4. The van der Waals surface area contributed by atoms with Crippen molar-refractivity contribution in [3.05, 3.63) is 115 Å². The Morgan fingerprint density at radius 3 is 2.54 bits per heavy atom. The third-order valence-corrected chi connectivity index (χ3v) is 9.39. The highest BCUT2D eigenvalue weighted by molar-refractivity contribution is 14.1. The van der Waals surface area contributed by atoms with E-state index in [0.29, 0.717) is 4.53 Å². The minimum atomic E-state index is -0.229. The van der Waals surface area contributed by atoms with Gasteiger partial charge in [0.25, 0.3) is 5.56 Å². The zero-order valence-electron chi connectivity index (χ0n) is 20.1. The van der Waals surface area contributed by atoms with Crippen LogP contribution in [0.25, 0.3) is 11.8 Å². The number of halogens is 2. The lowest BCUT2D eigenvalue weighted by molar-refractivity contribution is 0.409. The van der Waals surface area contributed by atoms with Gasteiger partial charge in [-0.3, -0.25) is 9.36 Å². The van der Waals surface area contributed by atoms with E-state index in [4.69, 9.17) is 14.5 Å². The van der Waals surface area contributed by atoms with Crippen molar-refractivity contribution in [1.82, 2.24) is 4.57 Å². The van der Waals surface area contributed by atoms with Crippen molar-refractivity contribution in [2.24, 2.45) is 4.99 Å². The van der Waals surface area contributed by atoms with E-state index in [1.807, 2.05) is 41.0 Å². The molecule has 0 N–H and O–H groups in total. The molecule has 8 heteroatoms. The summed E-state index contributed by atoms with van der Waals surface area (Å²) in [7, 11) is 3.35. The van der Waals surface area contributed by atoms with Gasteiger partial charge in [-0.2, -0.15) is 0 Å². The summed E-state index contributed by atoms with van der Waals surface area (Å²) < 4.78 is 15.6. The minimum Gasteiger partial charge on any atom is -0.497 e. The van der Waals surface area contributed by atoms with E-state index in [2.05, 4.69) is 75.5 Å². The highest BCUT2D eigenvalue weighted by atomic mass is 127. The SMILES string of the molecule is COc1cccc([C@@H]2C3=C(N=c4s/c(=C/c5cc(I)c(OC)c(I)c5)c(=O)n42)c2ccccc2CC3)c1. The molecule has 0 unspecified atom stereocenters. The number of thiazole rings is 1. The number of fused-ring (bicyclic) bond motifs is 3. The van der Waals surface area contributed by atoms with Crippen LogP contribution in [0, 0.1) is 7.14 Å². The number of benzene rings is 3. The summed E-state index contributed by atoms with van der Waals surface area (Å²) in [5, 5.41) is 0. The van der Waals surface area contributed by atoms with Crippen LogP contribution >= 0.6 is 56.5 Å². The van der Waals surface area contributed by atoms with Gasteiger partial charge in [0.05, 0.1) is 37.6 Å². The van der Waals surface area contributed by atoms with Gasteiger partial charge in [-0.25, -0.2) is 4.99 Å². The summed E-state index contributed by atoms with van der Waals surface area (Å²) in [6.45, 7) is 0. The molecule has 186 valence electrons. The fourth-order valence-electron chi connectivity index (χ4n) is 5.14. The van der Waals surface area contributed by atoms with Crippen LogP contribution in [0.2, 0.25) is 0 Å². The normalized spacial score (nSPS) is 16.5.